The van der Waals surface area contributed by atoms with E-state index in [1.165, 1.54) is 6.07 Å². The van der Waals surface area contributed by atoms with Crippen molar-refractivity contribution in [3.8, 4) is 0 Å². The van der Waals surface area contributed by atoms with Gasteiger partial charge in [-0.2, -0.15) is 0 Å². The molecular weight excluding hydrogens is 249 g/mol. The largest absolute Gasteiger partial charge is 0.477 e. The minimum absolute atomic E-state index is 0.00314. The number of carbonyl (C=O) groups is 1. The molecule has 0 spiro atoms. The molecule has 0 saturated heterocycles. The quantitative estimate of drug-likeness (QED) is 0.848. The average Bonchev–Trinajstić information content (AvgIpc) is 2.20. The molecule has 3 nitrogen and oxygen atoms in total. The number of aromatic carboxylic acids is 1. The Kier molecular flexibility index (Phi) is 2.74. The van der Waals surface area contributed by atoms with Crippen LogP contribution in [-0.2, 0) is 0 Å². The number of nitrogens with zero attached hydrogens (tertiary/aromatic N) is 1. The molecule has 1 aromatic carbocycles. The van der Waals surface area contributed by atoms with Gasteiger partial charge in [0.25, 0.3) is 0 Å². The number of aromatic nitrogens is 1. The van der Waals surface area contributed by atoms with Crippen molar-refractivity contribution in [3.05, 3.63) is 39.5 Å². The first-order valence-electron chi connectivity index (χ1n) is 4.48. The number of aryl methyl sites for hydroxylation is 1. The number of rotatable bonds is 1. The van der Waals surface area contributed by atoms with E-state index < -0.39 is 5.97 Å². The van der Waals surface area contributed by atoms with E-state index >= 15 is 0 Å². The summed E-state index contributed by atoms with van der Waals surface area (Å²) in [6.07, 6.45) is 0. The monoisotopic (exact) mass is 255 g/mol. The first-order valence-corrected chi connectivity index (χ1v) is 5.24. The van der Waals surface area contributed by atoms with Gasteiger partial charge in [-0.05, 0) is 30.7 Å². The number of benzene rings is 1. The maximum atomic E-state index is 10.8. The van der Waals surface area contributed by atoms with E-state index in [2.05, 4.69) is 4.98 Å². The number of hydrogen-bond acceptors (Lipinski definition) is 2. The molecule has 0 saturated carbocycles. The third-order valence-electron chi connectivity index (χ3n) is 2.28. The highest BCUT2D eigenvalue weighted by Gasteiger charge is 2.10. The highest BCUT2D eigenvalue weighted by atomic mass is 35.5. The topological polar surface area (TPSA) is 50.2 Å². The third kappa shape index (κ3) is 1.84. The fourth-order valence-electron chi connectivity index (χ4n) is 1.50. The fourth-order valence-corrected chi connectivity index (χ4v) is 1.82. The van der Waals surface area contributed by atoms with Crippen molar-refractivity contribution < 1.29 is 9.90 Å². The van der Waals surface area contributed by atoms with Crippen LogP contribution in [0.5, 0.6) is 0 Å². The number of fused-ring (bicyclic) bond motifs is 1. The Morgan fingerprint density at radius 1 is 1.25 bits per heavy atom. The average molecular weight is 256 g/mol. The maximum absolute atomic E-state index is 10.8. The predicted octanol–water partition coefficient (Wildman–Crippen LogP) is 3.55. The normalized spacial score (nSPS) is 10.7. The lowest BCUT2D eigenvalue weighted by molar-refractivity contribution is 0.0691. The highest BCUT2D eigenvalue weighted by molar-refractivity contribution is 6.42. The molecule has 2 rings (SSSR count). The lowest BCUT2D eigenvalue weighted by atomic mass is 10.1. The molecule has 1 aromatic heterocycles. The van der Waals surface area contributed by atoms with Crippen molar-refractivity contribution in [2.75, 3.05) is 0 Å². The van der Waals surface area contributed by atoms with Crippen molar-refractivity contribution in [2.24, 2.45) is 0 Å². The Balaban J connectivity index is 2.82. The van der Waals surface area contributed by atoms with Gasteiger partial charge in [0.05, 0.1) is 15.6 Å². The van der Waals surface area contributed by atoms with Gasteiger partial charge in [-0.15, -0.1) is 0 Å². The lowest BCUT2D eigenvalue weighted by Gasteiger charge is -2.05. The zero-order valence-electron chi connectivity index (χ0n) is 8.29. The van der Waals surface area contributed by atoms with Crippen LogP contribution in [0, 0.1) is 6.92 Å². The van der Waals surface area contributed by atoms with Crippen LogP contribution in [-0.4, -0.2) is 16.1 Å². The molecule has 0 bridgehead atoms. The summed E-state index contributed by atoms with van der Waals surface area (Å²) in [5.74, 6) is -1.06. The Morgan fingerprint density at radius 2 is 1.88 bits per heavy atom. The van der Waals surface area contributed by atoms with E-state index in [0.717, 1.165) is 10.9 Å². The van der Waals surface area contributed by atoms with Crippen molar-refractivity contribution >= 4 is 40.1 Å². The second-order valence-electron chi connectivity index (χ2n) is 3.41. The maximum Gasteiger partial charge on any atom is 0.354 e. The third-order valence-corrected chi connectivity index (χ3v) is 3.00. The zero-order valence-corrected chi connectivity index (χ0v) is 9.80. The molecule has 0 aliphatic carbocycles. The van der Waals surface area contributed by atoms with Crippen molar-refractivity contribution in [3.63, 3.8) is 0 Å². The lowest BCUT2D eigenvalue weighted by Crippen LogP contribution is -2.01. The van der Waals surface area contributed by atoms with Gasteiger partial charge in [0.15, 0.2) is 0 Å². The number of halogens is 2. The molecule has 1 N–H and O–H groups in total. The molecule has 0 aliphatic heterocycles. The van der Waals surface area contributed by atoms with Gasteiger partial charge >= 0.3 is 5.97 Å². The van der Waals surface area contributed by atoms with E-state index in [4.69, 9.17) is 28.3 Å². The summed E-state index contributed by atoms with van der Waals surface area (Å²) in [5, 5.41) is 10.5. The van der Waals surface area contributed by atoms with Crippen LogP contribution in [0.1, 0.15) is 16.1 Å². The summed E-state index contributed by atoms with van der Waals surface area (Å²) >= 11 is 11.7. The zero-order chi connectivity index (χ0) is 11.9. The van der Waals surface area contributed by atoms with Gasteiger partial charge in [0.2, 0.25) is 0 Å². The number of pyridine rings is 1. The second-order valence-corrected chi connectivity index (χ2v) is 4.23. The Bertz CT molecular complexity index is 596. The second kappa shape index (κ2) is 3.92. The molecule has 0 fully saturated rings. The van der Waals surface area contributed by atoms with Crippen molar-refractivity contribution in [2.45, 2.75) is 6.92 Å². The highest BCUT2D eigenvalue weighted by Crippen LogP contribution is 2.28. The summed E-state index contributed by atoms with van der Waals surface area (Å²) in [4.78, 5) is 14.8. The molecular formula is C11H7Cl2NO2. The summed E-state index contributed by atoms with van der Waals surface area (Å²) in [6, 6.07) is 4.76. The number of carboxylic acid groups (broad SMARTS) is 1. The Labute approximate surface area is 102 Å². The molecule has 0 atom stereocenters. The minimum atomic E-state index is -1.06. The molecule has 0 amide bonds. The van der Waals surface area contributed by atoms with Crippen LogP contribution in [0.15, 0.2) is 18.2 Å². The molecule has 0 unspecified atom stereocenters. The molecule has 2 aromatic rings. The van der Waals surface area contributed by atoms with E-state index in [9.17, 15) is 4.79 Å². The molecule has 1 heterocycles. The summed E-state index contributed by atoms with van der Waals surface area (Å²) in [7, 11) is 0. The molecule has 16 heavy (non-hydrogen) atoms. The van der Waals surface area contributed by atoms with Crippen LogP contribution < -0.4 is 0 Å². The first-order chi connectivity index (χ1) is 7.49. The van der Waals surface area contributed by atoms with E-state index in [1.807, 2.05) is 0 Å². The Hall–Kier alpha value is -1.32. The standard InChI is InChI=1S/C11H7Cl2NO2/c1-5-2-10(11(15)16)14-9-4-8(13)7(12)3-6(5)9/h2-4H,1H3,(H,15,16). The fraction of sp³-hybridized carbons (Fsp3) is 0.0909. The van der Waals surface area contributed by atoms with E-state index in [0.29, 0.717) is 15.6 Å². The van der Waals surface area contributed by atoms with Gasteiger partial charge in [-0.3, -0.25) is 0 Å². The van der Waals surface area contributed by atoms with Gasteiger partial charge in [0, 0.05) is 5.39 Å². The van der Waals surface area contributed by atoms with Gasteiger partial charge in [-0.25, -0.2) is 9.78 Å². The summed E-state index contributed by atoms with van der Waals surface area (Å²) in [6.45, 7) is 1.81. The predicted molar refractivity (Wildman–Crippen MR) is 63.5 cm³/mol. The van der Waals surface area contributed by atoms with Crippen molar-refractivity contribution in [1.29, 1.82) is 0 Å². The van der Waals surface area contributed by atoms with Gasteiger partial charge in [-0.1, -0.05) is 23.2 Å². The summed E-state index contributed by atoms with van der Waals surface area (Å²) < 4.78 is 0. The number of hydrogen-bond donors (Lipinski definition) is 1. The minimum Gasteiger partial charge on any atom is -0.477 e. The van der Waals surface area contributed by atoms with Crippen LogP contribution >= 0.6 is 23.2 Å². The van der Waals surface area contributed by atoms with Crippen LogP contribution in [0.4, 0.5) is 0 Å². The smallest absolute Gasteiger partial charge is 0.354 e. The van der Waals surface area contributed by atoms with Crippen LogP contribution in [0.3, 0.4) is 0 Å². The molecule has 5 heteroatoms. The first kappa shape index (κ1) is 11.2. The molecule has 0 aliphatic rings. The van der Waals surface area contributed by atoms with E-state index in [1.54, 1.807) is 19.1 Å². The van der Waals surface area contributed by atoms with Crippen LogP contribution in [0.2, 0.25) is 10.0 Å². The summed E-state index contributed by atoms with van der Waals surface area (Å²) in [5.41, 5.74) is 1.34. The van der Waals surface area contributed by atoms with Gasteiger partial charge < -0.3 is 5.11 Å². The van der Waals surface area contributed by atoms with E-state index in [-0.39, 0.29) is 5.69 Å². The van der Waals surface area contributed by atoms with Crippen LogP contribution in [0.25, 0.3) is 10.9 Å². The SMILES string of the molecule is Cc1cc(C(=O)O)nc2cc(Cl)c(Cl)cc12. The molecule has 0 radical (unpaired) electrons. The van der Waals surface area contributed by atoms with Crippen molar-refractivity contribution in [1.82, 2.24) is 4.98 Å². The number of carboxylic acids is 1. The Morgan fingerprint density at radius 3 is 2.50 bits per heavy atom. The molecule has 82 valence electrons. The van der Waals surface area contributed by atoms with Gasteiger partial charge in [0.1, 0.15) is 5.69 Å².